The molecular formula is C18H15FN2O2. The number of hydrogen-bond donors (Lipinski definition) is 1. The maximum Gasteiger partial charge on any atom is 0.207 e. The average Bonchev–Trinajstić information content (AvgIpc) is 3.13. The van der Waals surface area contributed by atoms with Crippen LogP contribution in [0.5, 0.6) is 0 Å². The van der Waals surface area contributed by atoms with Gasteiger partial charge in [-0.25, -0.2) is 4.39 Å². The van der Waals surface area contributed by atoms with Gasteiger partial charge in [-0.3, -0.25) is 0 Å². The van der Waals surface area contributed by atoms with Crippen molar-refractivity contribution in [3.05, 3.63) is 83.7 Å². The lowest BCUT2D eigenvalue weighted by Gasteiger charge is -2.22. The molecule has 0 saturated heterocycles. The van der Waals surface area contributed by atoms with Crippen molar-refractivity contribution in [1.82, 2.24) is 5.06 Å². The summed E-state index contributed by atoms with van der Waals surface area (Å²) in [5.41, 5.74) is 8.12. The fourth-order valence-electron chi connectivity index (χ4n) is 2.86. The second kappa shape index (κ2) is 5.44. The van der Waals surface area contributed by atoms with E-state index in [0.29, 0.717) is 11.4 Å². The lowest BCUT2D eigenvalue weighted by atomic mass is 10.0. The van der Waals surface area contributed by atoms with E-state index in [1.165, 1.54) is 6.07 Å². The van der Waals surface area contributed by atoms with E-state index in [1.54, 1.807) is 35.6 Å². The summed E-state index contributed by atoms with van der Waals surface area (Å²) in [5.74, 6) is 0.0361. The summed E-state index contributed by atoms with van der Waals surface area (Å²) >= 11 is 0. The molecule has 1 unspecified atom stereocenters. The standard InChI is InChI=1S/C18H15FN2O2/c19-15-7-3-1-5-12(15)10-21-16(9-18(20)23-21)14-11-22-17-8-4-2-6-13(14)17/h1-9,11,16H,10,20H2. The zero-order chi connectivity index (χ0) is 15.8. The minimum atomic E-state index is -0.266. The monoisotopic (exact) mass is 310 g/mol. The number of nitrogens with two attached hydrogens (primary N) is 1. The van der Waals surface area contributed by atoms with Gasteiger partial charge in [-0.1, -0.05) is 36.4 Å². The average molecular weight is 310 g/mol. The minimum Gasteiger partial charge on any atom is -0.464 e. The number of furan rings is 1. The van der Waals surface area contributed by atoms with Gasteiger partial charge >= 0.3 is 0 Å². The molecule has 0 saturated carbocycles. The molecule has 0 aliphatic carbocycles. The molecule has 2 heterocycles. The molecule has 23 heavy (non-hydrogen) atoms. The molecule has 5 heteroatoms. The summed E-state index contributed by atoms with van der Waals surface area (Å²) in [5, 5.41) is 2.65. The van der Waals surface area contributed by atoms with E-state index in [4.69, 9.17) is 15.0 Å². The molecule has 2 N–H and O–H groups in total. The number of hydroxylamine groups is 2. The van der Waals surface area contributed by atoms with Crippen molar-refractivity contribution in [2.45, 2.75) is 12.6 Å². The van der Waals surface area contributed by atoms with Crippen LogP contribution in [0.15, 0.2) is 71.2 Å². The molecule has 0 radical (unpaired) electrons. The first-order valence-electron chi connectivity index (χ1n) is 7.34. The van der Waals surface area contributed by atoms with Crippen molar-refractivity contribution in [1.29, 1.82) is 0 Å². The molecule has 4 rings (SSSR count). The Morgan fingerprint density at radius 2 is 1.87 bits per heavy atom. The maximum atomic E-state index is 13.9. The highest BCUT2D eigenvalue weighted by Crippen LogP contribution is 2.36. The largest absolute Gasteiger partial charge is 0.464 e. The molecule has 0 fully saturated rings. The van der Waals surface area contributed by atoms with Crippen LogP contribution in [0.25, 0.3) is 11.0 Å². The number of rotatable bonds is 3. The zero-order valence-corrected chi connectivity index (χ0v) is 12.3. The van der Waals surface area contributed by atoms with E-state index in [-0.39, 0.29) is 18.4 Å². The van der Waals surface area contributed by atoms with Gasteiger partial charge in [0.25, 0.3) is 0 Å². The van der Waals surface area contributed by atoms with Gasteiger partial charge in [-0.15, -0.1) is 5.06 Å². The third-order valence-electron chi connectivity index (χ3n) is 3.97. The van der Waals surface area contributed by atoms with E-state index < -0.39 is 0 Å². The van der Waals surface area contributed by atoms with Gasteiger partial charge < -0.3 is 15.0 Å². The van der Waals surface area contributed by atoms with Crippen molar-refractivity contribution in [3.8, 4) is 0 Å². The van der Waals surface area contributed by atoms with Crippen LogP contribution < -0.4 is 5.73 Å². The van der Waals surface area contributed by atoms with Crippen LogP contribution >= 0.6 is 0 Å². The molecule has 3 aromatic rings. The molecule has 1 aliphatic rings. The Hall–Kier alpha value is -2.79. The van der Waals surface area contributed by atoms with Crippen LogP contribution in [0.2, 0.25) is 0 Å². The number of hydrogen-bond acceptors (Lipinski definition) is 4. The molecular weight excluding hydrogens is 295 g/mol. The Morgan fingerprint density at radius 1 is 1.09 bits per heavy atom. The Bertz CT molecular complexity index is 887. The van der Waals surface area contributed by atoms with Crippen LogP contribution in [-0.2, 0) is 11.4 Å². The highest BCUT2D eigenvalue weighted by Gasteiger charge is 2.30. The second-order valence-corrected chi connectivity index (χ2v) is 5.46. The molecule has 0 spiro atoms. The first kappa shape index (κ1) is 13.8. The Kier molecular flexibility index (Phi) is 3.28. The van der Waals surface area contributed by atoms with Crippen molar-refractivity contribution in [2.75, 3.05) is 0 Å². The van der Waals surface area contributed by atoms with Crippen molar-refractivity contribution in [2.24, 2.45) is 5.73 Å². The predicted octanol–water partition coefficient (Wildman–Crippen LogP) is 3.86. The number of nitrogens with zero attached hydrogens (tertiary/aromatic N) is 1. The van der Waals surface area contributed by atoms with E-state index in [2.05, 4.69) is 0 Å². The van der Waals surface area contributed by atoms with Gasteiger partial charge in [0.1, 0.15) is 11.4 Å². The Balaban J connectivity index is 1.70. The quantitative estimate of drug-likeness (QED) is 0.798. The smallest absolute Gasteiger partial charge is 0.207 e. The van der Waals surface area contributed by atoms with Gasteiger partial charge in [-0.05, 0) is 12.1 Å². The molecule has 0 bridgehead atoms. The van der Waals surface area contributed by atoms with Gasteiger partial charge in [0.15, 0.2) is 0 Å². The molecule has 4 nitrogen and oxygen atoms in total. The number of halogens is 1. The normalized spacial score (nSPS) is 18.1. The molecule has 116 valence electrons. The van der Waals surface area contributed by atoms with Crippen molar-refractivity contribution in [3.63, 3.8) is 0 Å². The van der Waals surface area contributed by atoms with E-state index in [1.807, 2.05) is 24.3 Å². The van der Waals surface area contributed by atoms with Crippen LogP contribution in [-0.4, -0.2) is 5.06 Å². The van der Waals surface area contributed by atoms with Gasteiger partial charge in [0.2, 0.25) is 5.88 Å². The summed E-state index contributed by atoms with van der Waals surface area (Å²) in [4.78, 5) is 5.57. The number of para-hydroxylation sites is 1. The van der Waals surface area contributed by atoms with Gasteiger partial charge in [0.05, 0.1) is 18.8 Å². The highest BCUT2D eigenvalue weighted by atomic mass is 19.1. The fourth-order valence-corrected chi connectivity index (χ4v) is 2.86. The molecule has 1 atom stereocenters. The van der Waals surface area contributed by atoms with Crippen LogP contribution in [0.4, 0.5) is 4.39 Å². The summed E-state index contributed by atoms with van der Waals surface area (Å²) < 4.78 is 19.5. The van der Waals surface area contributed by atoms with Crippen molar-refractivity contribution < 1.29 is 13.6 Å². The van der Waals surface area contributed by atoms with Crippen LogP contribution in [0.1, 0.15) is 17.2 Å². The summed E-state index contributed by atoms with van der Waals surface area (Å²) in [6.07, 6.45) is 3.50. The second-order valence-electron chi connectivity index (χ2n) is 5.46. The van der Waals surface area contributed by atoms with Gasteiger partial charge in [-0.2, -0.15) is 0 Å². The summed E-state index contributed by atoms with van der Waals surface area (Å²) in [6.45, 7) is 0.286. The third-order valence-corrected chi connectivity index (χ3v) is 3.97. The molecule has 0 amide bonds. The first-order chi connectivity index (χ1) is 11.2. The van der Waals surface area contributed by atoms with E-state index >= 15 is 0 Å². The Labute approximate surface area is 132 Å². The molecule has 1 aromatic heterocycles. The molecule has 1 aliphatic heterocycles. The van der Waals surface area contributed by atoms with Crippen molar-refractivity contribution >= 4 is 11.0 Å². The maximum absolute atomic E-state index is 13.9. The van der Waals surface area contributed by atoms with Crippen LogP contribution in [0, 0.1) is 5.82 Å². The molecule has 2 aromatic carbocycles. The first-order valence-corrected chi connectivity index (χ1v) is 7.34. The number of fused-ring (bicyclic) bond motifs is 1. The lowest BCUT2D eigenvalue weighted by Crippen LogP contribution is -2.23. The lowest BCUT2D eigenvalue weighted by molar-refractivity contribution is -0.128. The summed E-state index contributed by atoms with van der Waals surface area (Å²) in [6, 6.07) is 14.2. The Morgan fingerprint density at radius 3 is 2.74 bits per heavy atom. The highest BCUT2D eigenvalue weighted by molar-refractivity contribution is 5.81. The van der Waals surface area contributed by atoms with E-state index in [9.17, 15) is 4.39 Å². The zero-order valence-electron chi connectivity index (χ0n) is 12.3. The predicted molar refractivity (Wildman–Crippen MR) is 84.3 cm³/mol. The summed E-state index contributed by atoms with van der Waals surface area (Å²) in [7, 11) is 0. The number of benzene rings is 2. The van der Waals surface area contributed by atoms with E-state index in [0.717, 1.165) is 16.5 Å². The van der Waals surface area contributed by atoms with Gasteiger partial charge in [0, 0.05) is 22.6 Å². The fraction of sp³-hybridized carbons (Fsp3) is 0.111. The SMILES string of the molecule is NC1=CC(c2coc3ccccc23)N(Cc2ccccc2F)O1. The van der Waals surface area contributed by atoms with Crippen LogP contribution in [0.3, 0.4) is 0 Å². The third kappa shape index (κ3) is 2.45. The minimum absolute atomic E-state index is 0.224. The topological polar surface area (TPSA) is 51.6 Å².